The molecule has 0 spiro atoms. The van der Waals surface area contributed by atoms with Gasteiger partial charge in [0.25, 0.3) is 0 Å². The first-order valence-corrected chi connectivity index (χ1v) is 22.9. The van der Waals surface area contributed by atoms with Gasteiger partial charge in [-0.25, -0.2) is 19.9 Å². The van der Waals surface area contributed by atoms with Crippen LogP contribution in [0.4, 0.5) is 0 Å². The van der Waals surface area contributed by atoms with E-state index in [1.165, 1.54) is 61.9 Å². The predicted octanol–water partition coefficient (Wildman–Crippen LogP) is 15.2. The molecule has 0 aliphatic rings. The number of nitrogens with zero attached hydrogens (tertiary/aromatic N) is 6. The second-order valence-electron chi connectivity index (χ2n) is 16.2. The Morgan fingerprint density at radius 3 is 1.36 bits per heavy atom. The van der Waals surface area contributed by atoms with Gasteiger partial charge in [-0.15, -0.1) is 22.7 Å². The summed E-state index contributed by atoms with van der Waals surface area (Å²) in [5, 5.41) is 9.90. The van der Waals surface area contributed by atoms with Crippen molar-refractivity contribution in [1.29, 1.82) is 0 Å². The first-order chi connectivity index (χ1) is 31.7. The normalized spacial score (nSPS) is 12.1. The summed E-state index contributed by atoms with van der Waals surface area (Å²) in [6, 6.07) is 66.6. The quantitative estimate of drug-likeness (QED) is 0.173. The topological polar surface area (TPSA) is 61.4 Å². The number of rotatable bonds is 5. The summed E-state index contributed by atoms with van der Waals surface area (Å²) in [4.78, 5) is 21.3. The Hall–Kier alpha value is -8.04. The number of aromatic nitrogens is 6. The van der Waals surface area contributed by atoms with Crippen molar-refractivity contribution in [3.63, 3.8) is 0 Å². The summed E-state index contributed by atoms with van der Waals surface area (Å²) in [6.07, 6.45) is 2.02. The molecule has 0 saturated carbocycles. The standard InChI is InChI=1S/C56H32N6S2/c1-3-15-33(16-4-1)53-58-54(34-17-5-2-6-18-34)60-55(59-53)40-31-35(61-41-23-11-7-19-36(41)49-43(61)27-29-47-51(49)38-21-9-13-25-45(38)63-47)32-57-56(40)62-42-24-12-8-20-37(42)50-44(62)28-30-48-52(50)39-22-10-14-26-46(39)64-48/h1-32H. The monoisotopic (exact) mass is 852 g/mol. The molecule has 0 aliphatic heterocycles. The zero-order valence-corrected chi connectivity index (χ0v) is 35.6. The lowest BCUT2D eigenvalue weighted by atomic mass is 10.1. The Balaban J connectivity index is 1.11. The van der Waals surface area contributed by atoms with Gasteiger partial charge in [-0.05, 0) is 54.6 Å². The molecule has 0 N–H and O–H groups in total. The minimum absolute atomic E-state index is 0.539. The van der Waals surface area contributed by atoms with Crippen LogP contribution in [-0.2, 0) is 0 Å². The molecule has 14 aromatic rings. The lowest BCUT2D eigenvalue weighted by Gasteiger charge is -2.16. The highest BCUT2D eigenvalue weighted by Crippen LogP contribution is 2.46. The molecule has 8 aromatic carbocycles. The highest BCUT2D eigenvalue weighted by molar-refractivity contribution is 7.26. The molecule has 0 radical (unpaired) electrons. The van der Waals surface area contributed by atoms with Crippen molar-refractivity contribution < 1.29 is 0 Å². The fourth-order valence-corrected chi connectivity index (χ4v) is 12.1. The first kappa shape index (κ1) is 35.5. The maximum atomic E-state index is 5.55. The van der Waals surface area contributed by atoms with E-state index in [0.717, 1.165) is 50.3 Å². The Morgan fingerprint density at radius 2 is 0.797 bits per heavy atom. The SMILES string of the molecule is c1ccc(-c2nc(-c3ccccc3)nc(-c3cc(-n4c5ccccc5c5c6c(ccc54)sc4ccccc46)cnc3-n3c4ccccc4c4c5c(ccc43)sc3ccccc35)n2)cc1. The molecule has 0 saturated heterocycles. The van der Waals surface area contributed by atoms with Crippen molar-refractivity contribution in [1.82, 2.24) is 29.1 Å². The van der Waals surface area contributed by atoms with Crippen LogP contribution in [0.5, 0.6) is 0 Å². The van der Waals surface area contributed by atoms with Crippen LogP contribution in [0.1, 0.15) is 0 Å². The van der Waals surface area contributed by atoms with Crippen molar-refractivity contribution in [3.05, 3.63) is 194 Å². The fraction of sp³-hybridized carbons (Fsp3) is 0. The molecule has 0 amide bonds. The third-order valence-corrected chi connectivity index (χ3v) is 14.9. The minimum Gasteiger partial charge on any atom is -0.308 e. The van der Waals surface area contributed by atoms with E-state index in [1.807, 2.05) is 65.3 Å². The lowest BCUT2D eigenvalue weighted by Crippen LogP contribution is -2.07. The van der Waals surface area contributed by atoms with Crippen molar-refractivity contribution in [3.8, 4) is 45.7 Å². The van der Waals surface area contributed by atoms with Crippen LogP contribution < -0.4 is 0 Å². The summed E-state index contributed by atoms with van der Waals surface area (Å²) in [5.74, 6) is 2.47. The van der Waals surface area contributed by atoms with E-state index >= 15 is 0 Å². The van der Waals surface area contributed by atoms with Gasteiger partial charge in [-0.3, -0.25) is 4.57 Å². The van der Waals surface area contributed by atoms with E-state index in [4.69, 9.17) is 19.9 Å². The van der Waals surface area contributed by atoms with E-state index in [1.54, 1.807) is 0 Å². The summed E-state index contributed by atoms with van der Waals surface area (Å²) in [7, 11) is 0. The molecule has 0 aliphatic carbocycles. The van der Waals surface area contributed by atoms with Crippen molar-refractivity contribution in [2.24, 2.45) is 0 Å². The minimum atomic E-state index is 0.539. The largest absolute Gasteiger partial charge is 0.308 e. The Morgan fingerprint density at radius 1 is 0.344 bits per heavy atom. The van der Waals surface area contributed by atoms with Gasteiger partial charge in [-0.1, -0.05) is 133 Å². The first-order valence-electron chi connectivity index (χ1n) is 21.3. The zero-order valence-electron chi connectivity index (χ0n) is 34.0. The summed E-state index contributed by atoms with van der Waals surface area (Å²) in [5.41, 5.74) is 7.88. The number of hydrogen-bond donors (Lipinski definition) is 0. The van der Waals surface area contributed by atoms with Crippen molar-refractivity contribution in [2.45, 2.75) is 0 Å². The van der Waals surface area contributed by atoms with E-state index in [0.29, 0.717) is 17.5 Å². The highest BCUT2D eigenvalue weighted by Gasteiger charge is 2.25. The smallest absolute Gasteiger partial charge is 0.167 e. The number of para-hydroxylation sites is 2. The zero-order chi connectivity index (χ0) is 41.9. The number of pyridine rings is 1. The molecule has 0 unspecified atom stereocenters. The third kappa shape index (κ3) is 5.18. The predicted molar refractivity (Wildman–Crippen MR) is 268 cm³/mol. The molecule has 14 rings (SSSR count). The van der Waals surface area contributed by atoms with Gasteiger partial charge in [0, 0.05) is 73.0 Å². The van der Waals surface area contributed by atoms with E-state index < -0.39 is 0 Å². The van der Waals surface area contributed by atoms with Gasteiger partial charge in [0.1, 0.15) is 5.82 Å². The van der Waals surface area contributed by atoms with Crippen LogP contribution in [0.2, 0.25) is 0 Å². The van der Waals surface area contributed by atoms with Gasteiger partial charge >= 0.3 is 0 Å². The van der Waals surface area contributed by atoms with E-state index in [-0.39, 0.29) is 0 Å². The van der Waals surface area contributed by atoms with E-state index in [2.05, 4.69) is 161 Å². The van der Waals surface area contributed by atoms with Crippen LogP contribution in [0.3, 0.4) is 0 Å². The van der Waals surface area contributed by atoms with E-state index in [9.17, 15) is 0 Å². The maximum Gasteiger partial charge on any atom is 0.167 e. The van der Waals surface area contributed by atoms with Crippen LogP contribution in [0.25, 0.3) is 130 Å². The second-order valence-corrected chi connectivity index (χ2v) is 18.3. The van der Waals surface area contributed by atoms with Gasteiger partial charge < -0.3 is 4.57 Å². The molecule has 64 heavy (non-hydrogen) atoms. The Bertz CT molecular complexity index is 4140. The number of benzene rings is 8. The summed E-state index contributed by atoms with van der Waals surface area (Å²) in [6.45, 7) is 0. The number of hydrogen-bond acceptors (Lipinski definition) is 6. The van der Waals surface area contributed by atoms with Crippen molar-refractivity contribution >= 4 is 107 Å². The van der Waals surface area contributed by atoms with Gasteiger partial charge in [0.2, 0.25) is 0 Å². The van der Waals surface area contributed by atoms with Gasteiger partial charge in [0.05, 0.1) is 39.5 Å². The van der Waals surface area contributed by atoms with Crippen molar-refractivity contribution in [2.75, 3.05) is 0 Å². The highest BCUT2D eigenvalue weighted by atomic mass is 32.1. The number of fused-ring (bicyclic) bond motifs is 14. The average molecular weight is 853 g/mol. The Kier molecular flexibility index (Phi) is 7.63. The fourth-order valence-electron chi connectivity index (χ4n) is 9.90. The lowest BCUT2D eigenvalue weighted by molar-refractivity contribution is 1.03. The van der Waals surface area contributed by atoms with Crippen LogP contribution in [-0.4, -0.2) is 29.1 Å². The molecular formula is C56H32N6S2. The Labute approximate surface area is 373 Å². The third-order valence-electron chi connectivity index (χ3n) is 12.6. The molecule has 8 heteroatoms. The number of thiophene rings is 2. The van der Waals surface area contributed by atoms with Crippen LogP contribution in [0, 0.1) is 0 Å². The molecule has 6 nitrogen and oxygen atoms in total. The molecule has 6 aromatic heterocycles. The molecular weight excluding hydrogens is 821 g/mol. The van der Waals surface area contributed by atoms with Crippen LogP contribution in [0.15, 0.2) is 194 Å². The molecule has 0 fully saturated rings. The molecule has 6 heterocycles. The second kappa shape index (κ2) is 13.7. The maximum absolute atomic E-state index is 5.55. The van der Waals surface area contributed by atoms with Gasteiger partial charge in [0.15, 0.2) is 17.5 Å². The molecule has 0 bridgehead atoms. The summed E-state index contributed by atoms with van der Waals surface area (Å²) < 4.78 is 9.77. The van der Waals surface area contributed by atoms with Gasteiger partial charge in [-0.2, -0.15) is 0 Å². The average Bonchev–Trinajstić information content (AvgIpc) is 4.12. The summed E-state index contributed by atoms with van der Waals surface area (Å²) >= 11 is 3.69. The molecule has 298 valence electrons. The van der Waals surface area contributed by atoms with Crippen LogP contribution >= 0.6 is 22.7 Å². The molecule has 0 atom stereocenters.